The molecule has 0 fully saturated rings. The van der Waals surface area contributed by atoms with Crippen molar-refractivity contribution in [1.29, 1.82) is 0 Å². The SMILES string of the molecule is COc1ccc2c(c1OC)CCC(C1=NCCN1)C2. The Morgan fingerprint density at radius 1 is 1.26 bits per heavy atom. The molecule has 1 aromatic carbocycles. The molecule has 0 aromatic heterocycles. The van der Waals surface area contributed by atoms with Gasteiger partial charge in [0.1, 0.15) is 0 Å². The topological polar surface area (TPSA) is 42.9 Å². The van der Waals surface area contributed by atoms with E-state index in [2.05, 4.69) is 16.4 Å². The van der Waals surface area contributed by atoms with E-state index in [1.54, 1.807) is 14.2 Å². The molecule has 4 heteroatoms. The van der Waals surface area contributed by atoms with Crippen LogP contribution in [0.15, 0.2) is 17.1 Å². The molecular weight excluding hydrogens is 240 g/mol. The van der Waals surface area contributed by atoms with Gasteiger partial charge in [-0.25, -0.2) is 0 Å². The average molecular weight is 260 g/mol. The van der Waals surface area contributed by atoms with Gasteiger partial charge in [-0.3, -0.25) is 4.99 Å². The Morgan fingerprint density at radius 2 is 2.16 bits per heavy atom. The van der Waals surface area contributed by atoms with Crippen molar-refractivity contribution < 1.29 is 9.47 Å². The van der Waals surface area contributed by atoms with E-state index in [1.807, 2.05) is 6.07 Å². The molecule has 0 bridgehead atoms. The van der Waals surface area contributed by atoms with E-state index in [9.17, 15) is 0 Å². The first kappa shape index (κ1) is 12.3. The van der Waals surface area contributed by atoms with Crippen LogP contribution in [0.3, 0.4) is 0 Å². The maximum absolute atomic E-state index is 5.52. The van der Waals surface area contributed by atoms with Gasteiger partial charge in [0.25, 0.3) is 0 Å². The summed E-state index contributed by atoms with van der Waals surface area (Å²) in [4.78, 5) is 4.56. The van der Waals surface area contributed by atoms with Gasteiger partial charge >= 0.3 is 0 Å². The number of hydrogen-bond donors (Lipinski definition) is 1. The van der Waals surface area contributed by atoms with Crippen LogP contribution in [0.4, 0.5) is 0 Å². The number of rotatable bonds is 3. The van der Waals surface area contributed by atoms with Crippen LogP contribution in [-0.2, 0) is 12.8 Å². The molecule has 1 atom stereocenters. The number of hydrogen-bond acceptors (Lipinski definition) is 4. The van der Waals surface area contributed by atoms with E-state index in [4.69, 9.17) is 9.47 Å². The highest BCUT2D eigenvalue weighted by Crippen LogP contribution is 2.38. The van der Waals surface area contributed by atoms with Crippen molar-refractivity contribution in [2.24, 2.45) is 10.9 Å². The van der Waals surface area contributed by atoms with Crippen LogP contribution >= 0.6 is 0 Å². The molecule has 0 radical (unpaired) electrons. The second-order valence-corrected chi connectivity index (χ2v) is 5.07. The largest absolute Gasteiger partial charge is 0.493 e. The Labute approximate surface area is 113 Å². The van der Waals surface area contributed by atoms with Gasteiger partial charge in [-0.05, 0) is 30.9 Å². The third-order valence-electron chi connectivity index (χ3n) is 4.04. The minimum absolute atomic E-state index is 0.535. The van der Waals surface area contributed by atoms with Crippen LogP contribution in [0, 0.1) is 5.92 Å². The minimum atomic E-state index is 0.535. The average Bonchev–Trinajstić information content (AvgIpc) is 2.99. The fraction of sp³-hybridized carbons (Fsp3) is 0.533. The number of fused-ring (bicyclic) bond motifs is 1. The molecule has 0 amide bonds. The Hall–Kier alpha value is -1.71. The van der Waals surface area contributed by atoms with Crippen molar-refractivity contribution in [3.63, 3.8) is 0 Å². The van der Waals surface area contributed by atoms with Gasteiger partial charge in [0.05, 0.1) is 26.6 Å². The third kappa shape index (κ3) is 2.15. The number of nitrogens with zero attached hydrogens (tertiary/aromatic N) is 1. The van der Waals surface area contributed by atoms with Gasteiger partial charge in [-0.15, -0.1) is 0 Å². The number of methoxy groups -OCH3 is 2. The number of ether oxygens (including phenoxy) is 2. The maximum atomic E-state index is 5.52. The normalized spacial score (nSPS) is 21.4. The van der Waals surface area contributed by atoms with Gasteiger partial charge in [-0.2, -0.15) is 0 Å². The zero-order valence-corrected chi connectivity index (χ0v) is 11.5. The molecule has 102 valence electrons. The molecule has 1 N–H and O–H groups in total. The minimum Gasteiger partial charge on any atom is -0.493 e. The van der Waals surface area contributed by atoms with Crippen LogP contribution in [0.2, 0.25) is 0 Å². The molecule has 1 aliphatic carbocycles. The van der Waals surface area contributed by atoms with E-state index in [0.717, 1.165) is 43.9 Å². The van der Waals surface area contributed by atoms with Crippen molar-refractivity contribution in [2.75, 3.05) is 27.3 Å². The van der Waals surface area contributed by atoms with Crippen molar-refractivity contribution >= 4 is 5.84 Å². The molecule has 0 saturated carbocycles. The van der Waals surface area contributed by atoms with E-state index < -0.39 is 0 Å². The van der Waals surface area contributed by atoms with E-state index in [-0.39, 0.29) is 0 Å². The van der Waals surface area contributed by atoms with E-state index in [1.165, 1.54) is 17.0 Å². The number of amidine groups is 1. The fourth-order valence-electron chi connectivity index (χ4n) is 3.11. The Bertz CT molecular complexity index is 511. The summed E-state index contributed by atoms with van der Waals surface area (Å²) in [5, 5.41) is 3.40. The lowest BCUT2D eigenvalue weighted by atomic mass is 9.82. The van der Waals surface area contributed by atoms with Gasteiger partial charge in [0, 0.05) is 18.0 Å². The molecule has 3 rings (SSSR count). The second kappa shape index (κ2) is 5.11. The van der Waals surface area contributed by atoms with Gasteiger partial charge < -0.3 is 14.8 Å². The second-order valence-electron chi connectivity index (χ2n) is 5.07. The fourth-order valence-corrected chi connectivity index (χ4v) is 3.11. The zero-order valence-electron chi connectivity index (χ0n) is 11.5. The summed E-state index contributed by atoms with van der Waals surface area (Å²) >= 11 is 0. The lowest BCUT2D eigenvalue weighted by Gasteiger charge is -2.27. The first-order chi connectivity index (χ1) is 9.33. The van der Waals surface area contributed by atoms with Crippen molar-refractivity contribution in [3.05, 3.63) is 23.3 Å². The summed E-state index contributed by atoms with van der Waals surface area (Å²) in [6.07, 6.45) is 3.20. The van der Waals surface area contributed by atoms with Crippen LogP contribution in [0.5, 0.6) is 11.5 Å². The Balaban J connectivity index is 1.89. The quantitative estimate of drug-likeness (QED) is 0.901. The van der Waals surface area contributed by atoms with Crippen molar-refractivity contribution in [3.8, 4) is 11.5 Å². The predicted octanol–water partition coefficient (Wildman–Crippen LogP) is 1.81. The monoisotopic (exact) mass is 260 g/mol. The van der Waals surface area contributed by atoms with Gasteiger partial charge in [0.15, 0.2) is 11.5 Å². The summed E-state index contributed by atoms with van der Waals surface area (Å²) in [5.74, 6) is 3.46. The molecular formula is C15H20N2O2. The Morgan fingerprint density at radius 3 is 2.84 bits per heavy atom. The van der Waals surface area contributed by atoms with Crippen LogP contribution < -0.4 is 14.8 Å². The molecule has 1 aliphatic heterocycles. The maximum Gasteiger partial charge on any atom is 0.164 e. The highest BCUT2D eigenvalue weighted by molar-refractivity contribution is 5.86. The van der Waals surface area contributed by atoms with Gasteiger partial charge in [0.2, 0.25) is 0 Å². The smallest absolute Gasteiger partial charge is 0.164 e. The lowest BCUT2D eigenvalue weighted by Crippen LogP contribution is -2.31. The van der Waals surface area contributed by atoms with Gasteiger partial charge in [-0.1, -0.05) is 6.07 Å². The molecule has 2 aliphatic rings. The standard InChI is InChI=1S/C15H20N2O2/c1-18-13-6-4-10-9-11(15-16-7-8-17-15)3-5-12(10)14(13)19-2/h4,6,11H,3,5,7-9H2,1-2H3,(H,16,17). The highest BCUT2D eigenvalue weighted by Gasteiger charge is 2.27. The molecule has 0 saturated heterocycles. The molecule has 19 heavy (non-hydrogen) atoms. The number of benzene rings is 1. The first-order valence-electron chi connectivity index (χ1n) is 6.84. The van der Waals surface area contributed by atoms with Crippen molar-refractivity contribution in [1.82, 2.24) is 5.32 Å². The summed E-state index contributed by atoms with van der Waals surface area (Å²) in [6.45, 7) is 1.91. The summed E-state index contributed by atoms with van der Waals surface area (Å²) in [6, 6.07) is 4.17. The molecule has 0 spiro atoms. The van der Waals surface area contributed by atoms with E-state index >= 15 is 0 Å². The predicted molar refractivity (Wildman–Crippen MR) is 75.4 cm³/mol. The molecule has 1 unspecified atom stereocenters. The summed E-state index contributed by atoms with van der Waals surface area (Å²) in [7, 11) is 3.40. The van der Waals surface area contributed by atoms with Crippen LogP contribution in [0.1, 0.15) is 17.5 Å². The van der Waals surface area contributed by atoms with Crippen molar-refractivity contribution in [2.45, 2.75) is 19.3 Å². The van der Waals surface area contributed by atoms with Crippen LogP contribution in [0.25, 0.3) is 0 Å². The number of nitrogens with one attached hydrogen (secondary N) is 1. The summed E-state index contributed by atoms with van der Waals surface area (Å²) < 4.78 is 10.9. The zero-order chi connectivity index (χ0) is 13.2. The number of aliphatic imine (C=N–C) groups is 1. The highest BCUT2D eigenvalue weighted by atomic mass is 16.5. The first-order valence-corrected chi connectivity index (χ1v) is 6.84. The molecule has 1 heterocycles. The third-order valence-corrected chi connectivity index (χ3v) is 4.04. The van der Waals surface area contributed by atoms with Crippen LogP contribution in [-0.4, -0.2) is 33.1 Å². The Kier molecular flexibility index (Phi) is 3.32. The van der Waals surface area contributed by atoms with E-state index in [0.29, 0.717) is 5.92 Å². The molecule has 1 aromatic rings. The molecule has 4 nitrogen and oxygen atoms in total. The lowest BCUT2D eigenvalue weighted by molar-refractivity contribution is 0.348. The summed E-state index contributed by atoms with van der Waals surface area (Å²) in [5.41, 5.74) is 2.67.